The normalized spacial score (nSPS) is 14.8. The summed E-state index contributed by atoms with van der Waals surface area (Å²) in [5, 5.41) is 3.20. The summed E-state index contributed by atoms with van der Waals surface area (Å²) >= 11 is 0. The zero-order chi connectivity index (χ0) is 25.2. The Morgan fingerprint density at radius 2 is 1.86 bits per heavy atom. The smallest absolute Gasteiger partial charge is 0.336 e. The van der Waals surface area contributed by atoms with E-state index < -0.39 is 23.5 Å². The molecule has 1 aliphatic heterocycles. The Morgan fingerprint density at radius 3 is 2.61 bits per heavy atom. The zero-order valence-corrected chi connectivity index (χ0v) is 19.4. The molecule has 1 atom stereocenters. The van der Waals surface area contributed by atoms with Gasteiger partial charge in [-0.05, 0) is 35.4 Å². The van der Waals surface area contributed by atoms with Crippen molar-refractivity contribution in [3.63, 3.8) is 0 Å². The third-order valence-corrected chi connectivity index (χ3v) is 6.03. The summed E-state index contributed by atoms with van der Waals surface area (Å²) < 4.78 is 16.2. The number of hydrogen-bond donors (Lipinski definition) is 1. The minimum atomic E-state index is -0.866. The third kappa shape index (κ3) is 4.63. The van der Waals surface area contributed by atoms with Gasteiger partial charge in [0.05, 0.1) is 6.26 Å². The highest BCUT2D eigenvalue weighted by atomic mass is 16.5. The van der Waals surface area contributed by atoms with Gasteiger partial charge in [0.25, 0.3) is 5.91 Å². The first-order valence-electron chi connectivity index (χ1n) is 11.3. The number of rotatable bonds is 5. The molecule has 0 unspecified atom stereocenters. The lowest BCUT2D eigenvalue weighted by Gasteiger charge is -2.34. The number of amides is 2. The van der Waals surface area contributed by atoms with Crippen molar-refractivity contribution < 1.29 is 28.0 Å². The first-order valence-corrected chi connectivity index (χ1v) is 11.3. The average molecular weight is 486 g/mol. The van der Waals surface area contributed by atoms with Crippen LogP contribution in [0.4, 0.5) is 5.69 Å². The van der Waals surface area contributed by atoms with E-state index in [1.165, 1.54) is 30.2 Å². The second-order valence-electron chi connectivity index (χ2n) is 8.49. The number of benzene rings is 2. The van der Waals surface area contributed by atoms with Crippen LogP contribution in [0.15, 0.2) is 80.6 Å². The molecule has 9 heteroatoms. The third-order valence-electron chi connectivity index (χ3n) is 6.03. The van der Waals surface area contributed by atoms with Gasteiger partial charge >= 0.3 is 11.6 Å². The van der Waals surface area contributed by atoms with Crippen LogP contribution in [0, 0.1) is 0 Å². The Labute approximate surface area is 205 Å². The Hall–Kier alpha value is -4.66. The molecular formula is C27H22N2O7. The van der Waals surface area contributed by atoms with Crippen molar-refractivity contribution in [1.29, 1.82) is 0 Å². The van der Waals surface area contributed by atoms with E-state index in [0.717, 1.165) is 11.1 Å². The average Bonchev–Trinajstić information content (AvgIpc) is 3.40. The van der Waals surface area contributed by atoms with Gasteiger partial charge in [0, 0.05) is 48.7 Å². The van der Waals surface area contributed by atoms with E-state index in [2.05, 4.69) is 5.32 Å². The standard InChI is InChI=1S/C27H22N2O7/c1-16(30)28-20-8-9-21-19(12-25(31)36-24(21)13-20)15-35-27(33)22-11-17-5-2-3-6-18(17)14-29(22)26(32)23-7-4-10-34-23/h2-10,12-13,22H,11,14-15H2,1H3,(H,28,30)/t22-/m0/s1. The number of carbonyl (C=O) groups excluding carboxylic acids is 3. The number of nitrogens with zero attached hydrogens (tertiary/aromatic N) is 1. The van der Waals surface area contributed by atoms with Crippen LogP contribution in [-0.4, -0.2) is 28.7 Å². The van der Waals surface area contributed by atoms with Gasteiger partial charge < -0.3 is 23.8 Å². The van der Waals surface area contributed by atoms with E-state index in [4.69, 9.17) is 13.6 Å². The molecule has 0 fully saturated rings. The molecule has 0 bridgehead atoms. The molecule has 36 heavy (non-hydrogen) atoms. The number of fused-ring (bicyclic) bond motifs is 2. The molecule has 2 aromatic heterocycles. The van der Waals surface area contributed by atoms with Gasteiger partial charge in [0.15, 0.2) is 5.76 Å². The number of esters is 1. The fourth-order valence-corrected chi connectivity index (χ4v) is 4.36. The summed E-state index contributed by atoms with van der Waals surface area (Å²) in [4.78, 5) is 51.3. The number of nitrogens with one attached hydrogen (secondary N) is 1. The highest BCUT2D eigenvalue weighted by Gasteiger charge is 2.37. The number of ether oxygens (including phenoxy) is 1. The summed E-state index contributed by atoms with van der Waals surface area (Å²) in [6.07, 6.45) is 1.70. The fourth-order valence-electron chi connectivity index (χ4n) is 4.36. The fraction of sp³-hybridized carbons (Fsp3) is 0.185. The molecule has 0 aliphatic carbocycles. The minimum Gasteiger partial charge on any atom is -0.459 e. The summed E-state index contributed by atoms with van der Waals surface area (Å²) in [5.41, 5.74) is 2.46. The molecule has 5 rings (SSSR count). The van der Waals surface area contributed by atoms with Crippen molar-refractivity contribution in [3.05, 3.63) is 99.8 Å². The van der Waals surface area contributed by atoms with E-state index in [1.807, 2.05) is 24.3 Å². The highest BCUT2D eigenvalue weighted by Crippen LogP contribution is 2.27. The topological polar surface area (TPSA) is 119 Å². The van der Waals surface area contributed by atoms with Crippen LogP contribution in [0.1, 0.15) is 34.2 Å². The molecule has 9 nitrogen and oxygen atoms in total. The Bertz CT molecular complexity index is 1520. The van der Waals surface area contributed by atoms with E-state index in [9.17, 15) is 19.2 Å². The van der Waals surface area contributed by atoms with Crippen LogP contribution >= 0.6 is 0 Å². The van der Waals surface area contributed by atoms with Crippen LogP contribution in [0.5, 0.6) is 0 Å². The summed E-state index contributed by atoms with van der Waals surface area (Å²) in [6.45, 7) is 1.42. The van der Waals surface area contributed by atoms with Gasteiger partial charge in [-0.1, -0.05) is 24.3 Å². The van der Waals surface area contributed by atoms with Crippen molar-refractivity contribution in [3.8, 4) is 0 Å². The van der Waals surface area contributed by atoms with Crippen LogP contribution in [0.3, 0.4) is 0 Å². The number of anilines is 1. The monoisotopic (exact) mass is 486 g/mol. The molecule has 0 radical (unpaired) electrons. The van der Waals surface area contributed by atoms with E-state index in [0.29, 0.717) is 23.1 Å². The van der Waals surface area contributed by atoms with Crippen molar-refractivity contribution >= 4 is 34.4 Å². The molecule has 2 amide bonds. The lowest BCUT2D eigenvalue weighted by Crippen LogP contribution is -2.49. The van der Waals surface area contributed by atoms with Gasteiger partial charge in [-0.25, -0.2) is 9.59 Å². The maximum absolute atomic E-state index is 13.3. The van der Waals surface area contributed by atoms with E-state index in [-0.39, 0.29) is 30.4 Å². The molecule has 0 saturated carbocycles. The molecule has 0 saturated heterocycles. The predicted octanol–water partition coefficient (Wildman–Crippen LogP) is 3.65. The van der Waals surface area contributed by atoms with Gasteiger partial charge in [-0.15, -0.1) is 0 Å². The molecule has 3 heterocycles. The Kier molecular flexibility index (Phi) is 6.12. The van der Waals surface area contributed by atoms with Crippen molar-refractivity contribution in [1.82, 2.24) is 4.90 Å². The molecular weight excluding hydrogens is 464 g/mol. The van der Waals surface area contributed by atoms with E-state index >= 15 is 0 Å². The first-order chi connectivity index (χ1) is 17.4. The molecule has 1 aliphatic rings. The second kappa shape index (κ2) is 9.53. The lowest BCUT2D eigenvalue weighted by atomic mass is 9.93. The minimum absolute atomic E-state index is 0.133. The quantitative estimate of drug-likeness (QED) is 0.338. The Balaban J connectivity index is 1.40. The number of carbonyl (C=O) groups is 3. The second-order valence-corrected chi connectivity index (χ2v) is 8.49. The molecule has 1 N–H and O–H groups in total. The Morgan fingerprint density at radius 1 is 1.06 bits per heavy atom. The molecule has 2 aromatic carbocycles. The first kappa shape index (κ1) is 23.1. The van der Waals surface area contributed by atoms with Crippen molar-refractivity contribution in [2.75, 3.05) is 5.32 Å². The van der Waals surface area contributed by atoms with Crippen LogP contribution in [-0.2, 0) is 33.9 Å². The zero-order valence-electron chi connectivity index (χ0n) is 19.4. The van der Waals surface area contributed by atoms with Gasteiger partial charge in [-0.3, -0.25) is 9.59 Å². The van der Waals surface area contributed by atoms with E-state index in [1.54, 1.807) is 24.3 Å². The maximum Gasteiger partial charge on any atom is 0.336 e. The van der Waals surface area contributed by atoms with Crippen molar-refractivity contribution in [2.24, 2.45) is 0 Å². The van der Waals surface area contributed by atoms with Gasteiger partial charge in [0.1, 0.15) is 18.2 Å². The number of furan rings is 1. The SMILES string of the molecule is CC(=O)Nc1ccc2c(COC(=O)[C@@H]3Cc4ccccc4CN3C(=O)c3ccco3)cc(=O)oc2c1. The van der Waals surface area contributed by atoms with Crippen LogP contribution < -0.4 is 10.9 Å². The lowest BCUT2D eigenvalue weighted by molar-refractivity contribution is -0.151. The molecule has 0 spiro atoms. The van der Waals surface area contributed by atoms with Crippen molar-refractivity contribution in [2.45, 2.75) is 32.5 Å². The number of hydrogen-bond acceptors (Lipinski definition) is 7. The highest BCUT2D eigenvalue weighted by molar-refractivity contribution is 5.95. The maximum atomic E-state index is 13.3. The summed E-state index contributed by atoms with van der Waals surface area (Å²) in [5.74, 6) is -1.13. The van der Waals surface area contributed by atoms with Gasteiger partial charge in [-0.2, -0.15) is 0 Å². The summed E-state index contributed by atoms with van der Waals surface area (Å²) in [7, 11) is 0. The largest absolute Gasteiger partial charge is 0.459 e. The summed E-state index contributed by atoms with van der Waals surface area (Å²) in [6, 6.07) is 16.0. The predicted molar refractivity (Wildman–Crippen MR) is 129 cm³/mol. The van der Waals surface area contributed by atoms with Crippen LogP contribution in [0.25, 0.3) is 11.0 Å². The molecule has 4 aromatic rings. The van der Waals surface area contributed by atoms with Gasteiger partial charge in [0.2, 0.25) is 5.91 Å². The molecule has 182 valence electrons. The van der Waals surface area contributed by atoms with Crippen LogP contribution in [0.2, 0.25) is 0 Å².